The summed E-state index contributed by atoms with van der Waals surface area (Å²) in [6, 6.07) is 11.3. The third-order valence-electron chi connectivity index (χ3n) is 2.97. The van der Waals surface area contributed by atoms with Gasteiger partial charge in [0, 0.05) is 0 Å². The van der Waals surface area contributed by atoms with Crippen molar-refractivity contribution < 1.29 is 13.5 Å². The molecule has 2 aromatic carbocycles. The molecule has 19 heavy (non-hydrogen) atoms. The molecule has 100 valence electrons. The Labute approximate surface area is 111 Å². The smallest absolute Gasteiger partial charge is 0.132 e. The first-order chi connectivity index (χ1) is 9.09. The highest BCUT2D eigenvalue weighted by atomic mass is 19.1. The molecule has 2 rings (SSSR count). The average Bonchev–Trinajstić information content (AvgIpc) is 2.38. The van der Waals surface area contributed by atoms with Crippen molar-refractivity contribution in [2.24, 2.45) is 0 Å². The van der Waals surface area contributed by atoms with Crippen LogP contribution >= 0.6 is 0 Å². The maximum absolute atomic E-state index is 13.5. The summed E-state index contributed by atoms with van der Waals surface area (Å²) in [5, 5.41) is 0. The summed E-state index contributed by atoms with van der Waals surface area (Å²) >= 11 is 0. The van der Waals surface area contributed by atoms with Crippen LogP contribution in [0.15, 0.2) is 42.5 Å². The minimum Gasteiger partial charge on any atom is -0.488 e. The minimum atomic E-state index is -0.581. The van der Waals surface area contributed by atoms with Crippen LogP contribution < -0.4 is 4.74 Å². The van der Waals surface area contributed by atoms with Crippen molar-refractivity contribution in [2.75, 3.05) is 0 Å². The van der Waals surface area contributed by atoms with E-state index in [4.69, 9.17) is 4.74 Å². The van der Waals surface area contributed by atoms with Gasteiger partial charge in [-0.3, -0.25) is 0 Å². The number of hydrogen-bond donors (Lipinski definition) is 0. The third kappa shape index (κ3) is 3.11. The Kier molecular flexibility index (Phi) is 4.15. The highest BCUT2D eigenvalue weighted by molar-refractivity contribution is 5.35. The summed E-state index contributed by atoms with van der Waals surface area (Å²) in [7, 11) is 0. The molecule has 0 heterocycles. The maximum atomic E-state index is 13.5. The van der Waals surface area contributed by atoms with Gasteiger partial charge in [-0.1, -0.05) is 38.1 Å². The molecular formula is C16H16F2O. The van der Waals surface area contributed by atoms with Gasteiger partial charge in [0.05, 0.1) is 5.56 Å². The van der Waals surface area contributed by atoms with E-state index in [1.54, 1.807) is 0 Å². The van der Waals surface area contributed by atoms with E-state index in [0.717, 1.165) is 5.56 Å². The molecule has 0 spiro atoms. The van der Waals surface area contributed by atoms with Crippen molar-refractivity contribution in [1.82, 2.24) is 0 Å². The minimum absolute atomic E-state index is 0.0407. The Morgan fingerprint density at radius 1 is 0.947 bits per heavy atom. The molecule has 0 fully saturated rings. The molecule has 0 saturated heterocycles. The lowest BCUT2D eigenvalue weighted by molar-refractivity contribution is 0.288. The first kappa shape index (κ1) is 13.5. The van der Waals surface area contributed by atoms with Crippen LogP contribution in [-0.4, -0.2) is 0 Å². The molecule has 0 unspecified atom stereocenters. The Morgan fingerprint density at radius 3 is 2.21 bits per heavy atom. The molecule has 0 atom stereocenters. The predicted octanol–water partition coefficient (Wildman–Crippen LogP) is 4.67. The number of ether oxygens (including phenoxy) is 1. The summed E-state index contributed by atoms with van der Waals surface area (Å²) in [6.45, 7) is 3.99. The molecule has 2 aromatic rings. The quantitative estimate of drug-likeness (QED) is 0.778. The van der Waals surface area contributed by atoms with Gasteiger partial charge in [0.25, 0.3) is 0 Å². The molecule has 0 bridgehead atoms. The van der Waals surface area contributed by atoms with Gasteiger partial charge in [0.1, 0.15) is 24.0 Å². The van der Waals surface area contributed by atoms with Crippen LogP contribution in [0, 0.1) is 11.6 Å². The Hall–Kier alpha value is -1.90. The van der Waals surface area contributed by atoms with Crippen LogP contribution in [0.25, 0.3) is 0 Å². The van der Waals surface area contributed by atoms with Crippen LogP contribution in [0.3, 0.4) is 0 Å². The SMILES string of the molecule is CC(C)c1ccccc1OCc1c(F)cccc1F. The zero-order chi connectivity index (χ0) is 13.8. The van der Waals surface area contributed by atoms with Crippen LogP contribution in [-0.2, 0) is 6.61 Å². The van der Waals surface area contributed by atoms with Crippen LogP contribution in [0.5, 0.6) is 5.75 Å². The van der Waals surface area contributed by atoms with Crippen molar-refractivity contribution in [1.29, 1.82) is 0 Å². The van der Waals surface area contributed by atoms with Crippen LogP contribution in [0.4, 0.5) is 8.78 Å². The van der Waals surface area contributed by atoms with Crippen LogP contribution in [0.2, 0.25) is 0 Å². The molecule has 0 aliphatic carbocycles. The van der Waals surface area contributed by atoms with Gasteiger partial charge < -0.3 is 4.74 Å². The zero-order valence-corrected chi connectivity index (χ0v) is 11.0. The van der Waals surface area contributed by atoms with Crippen molar-refractivity contribution in [2.45, 2.75) is 26.4 Å². The summed E-state index contributed by atoms with van der Waals surface area (Å²) in [5.74, 6) is -0.203. The highest BCUT2D eigenvalue weighted by Gasteiger charge is 2.11. The van der Waals surface area contributed by atoms with E-state index in [1.165, 1.54) is 18.2 Å². The third-order valence-corrected chi connectivity index (χ3v) is 2.97. The maximum Gasteiger partial charge on any atom is 0.132 e. The summed E-state index contributed by atoms with van der Waals surface area (Å²) in [6.07, 6.45) is 0. The number of benzene rings is 2. The summed E-state index contributed by atoms with van der Waals surface area (Å²) < 4.78 is 32.6. The highest BCUT2D eigenvalue weighted by Crippen LogP contribution is 2.27. The number of halogens is 2. The van der Waals surface area contributed by atoms with Gasteiger partial charge >= 0.3 is 0 Å². The zero-order valence-electron chi connectivity index (χ0n) is 11.0. The fraction of sp³-hybridized carbons (Fsp3) is 0.250. The topological polar surface area (TPSA) is 9.23 Å². The predicted molar refractivity (Wildman–Crippen MR) is 71.2 cm³/mol. The van der Waals surface area contributed by atoms with E-state index in [-0.39, 0.29) is 12.2 Å². The molecule has 0 aromatic heterocycles. The van der Waals surface area contributed by atoms with E-state index in [0.29, 0.717) is 11.7 Å². The summed E-state index contributed by atoms with van der Waals surface area (Å²) in [4.78, 5) is 0. The fourth-order valence-corrected chi connectivity index (χ4v) is 1.91. The van der Waals surface area contributed by atoms with Gasteiger partial charge in [-0.25, -0.2) is 8.78 Å². The molecule has 0 radical (unpaired) electrons. The fourth-order valence-electron chi connectivity index (χ4n) is 1.91. The van der Waals surface area contributed by atoms with Crippen LogP contribution in [0.1, 0.15) is 30.9 Å². The molecule has 1 nitrogen and oxygen atoms in total. The lowest BCUT2D eigenvalue weighted by atomic mass is 10.0. The van der Waals surface area contributed by atoms with Gasteiger partial charge in [-0.05, 0) is 29.7 Å². The van der Waals surface area contributed by atoms with E-state index in [9.17, 15) is 8.78 Å². The lowest BCUT2D eigenvalue weighted by Gasteiger charge is -2.14. The normalized spacial score (nSPS) is 10.8. The standard InChI is InChI=1S/C16H16F2O/c1-11(2)12-6-3-4-9-16(12)19-10-13-14(17)7-5-8-15(13)18/h3-9,11H,10H2,1-2H3. The van der Waals surface area contributed by atoms with Crippen molar-refractivity contribution in [3.63, 3.8) is 0 Å². The molecule has 0 N–H and O–H groups in total. The van der Waals surface area contributed by atoms with Crippen molar-refractivity contribution in [3.8, 4) is 5.75 Å². The van der Waals surface area contributed by atoms with E-state index >= 15 is 0 Å². The molecule has 3 heteroatoms. The van der Waals surface area contributed by atoms with E-state index in [1.807, 2.05) is 38.1 Å². The van der Waals surface area contributed by atoms with Crippen molar-refractivity contribution >= 4 is 0 Å². The van der Waals surface area contributed by atoms with Crippen molar-refractivity contribution in [3.05, 3.63) is 65.2 Å². The first-order valence-electron chi connectivity index (χ1n) is 6.24. The first-order valence-corrected chi connectivity index (χ1v) is 6.24. The van der Waals surface area contributed by atoms with Gasteiger partial charge in [-0.2, -0.15) is 0 Å². The average molecular weight is 262 g/mol. The Bertz CT molecular complexity index is 544. The van der Waals surface area contributed by atoms with E-state index < -0.39 is 11.6 Å². The second-order valence-corrected chi connectivity index (χ2v) is 4.68. The molecule has 0 saturated carbocycles. The Morgan fingerprint density at radius 2 is 1.58 bits per heavy atom. The molecular weight excluding hydrogens is 246 g/mol. The summed E-state index contributed by atoms with van der Waals surface area (Å²) in [5.41, 5.74) is 0.986. The second-order valence-electron chi connectivity index (χ2n) is 4.68. The molecule has 0 amide bonds. The van der Waals surface area contributed by atoms with Gasteiger partial charge in [-0.15, -0.1) is 0 Å². The van der Waals surface area contributed by atoms with E-state index in [2.05, 4.69) is 0 Å². The number of para-hydroxylation sites is 1. The Balaban J connectivity index is 2.19. The molecule has 0 aliphatic rings. The molecule has 0 aliphatic heterocycles. The lowest BCUT2D eigenvalue weighted by Crippen LogP contribution is -2.03. The second kappa shape index (κ2) is 5.83. The van der Waals surface area contributed by atoms with Gasteiger partial charge in [0.15, 0.2) is 0 Å². The monoisotopic (exact) mass is 262 g/mol. The number of hydrogen-bond acceptors (Lipinski definition) is 1. The van der Waals surface area contributed by atoms with Gasteiger partial charge in [0.2, 0.25) is 0 Å². The number of rotatable bonds is 4. The largest absolute Gasteiger partial charge is 0.488 e.